The molecular weight excluding hydrogens is 192 g/mol. The number of nitrogens with zero attached hydrogens (tertiary/aromatic N) is 2. The summed E-state index contributed by atoms with van der Waals surface area (Å²) in [5, 5.41) is 3.72. The summed E-state index contributed by atoms with van der Waals surface area (Å²) in [6.07, 6.45) is 2.48. The third kappa shape index (κ3) is 1.22. The molecule has 0 saturated carbocycles. The van der Waals surface area contributed by atoms with Crippen molar-refractivity contribution < 1.29 is 8.42 Å². The predicted molar refractivity (Wildman–Crippen MR) is 46.4 cm³/mol. The summed E-state index contributed by atoms with van der Waals surface area (Å²) in [5.74, 6) is 0.256. The summed E-state index contributed by atoms with van der Waals surface area (Å²) in [4.78, 5) is 7.38. The Balaban J connectivity index is 2.72. The van der Waals surface area contributed by atoms with E-state index in [4.69, 9.17) is 5.73 Å². The van der Waals surface area contributed by atoms with Gasteiger partial charge < -0.3 is 11.1 Å². The van der Waals surface area contributed by atoms with E-state index in [0.717, 1.165) is 5.41 Å². The number of anilines is 2. The Hall–Kier alpha value is -1.63. The quantitative estimate of drug-likeness (QED) is 0.595. The van der Waals surface area contributed by atoms with Gasteiger partial charge in [0.2, 0.25) is 15.8 Å². The molecule has 6 nitrogen and oxygen atoms in total. The molecule has 68 valence electrons. The van der Waals surface area contributed by atoms with Crippen molar-refractivity contribution in [3.63, 3.8) is 0 Å². The summed E-state index contributed by atoms with van der Waals surface area (Å²) < 4.78 is 22.7. The van der Waals surface area contributed by atoms with Crippen molar-refractivity contribution in [1.29, 1.82) is 0 Å². The van der Waals surface area contributed by atoms with Crippen LogP contribution in [-0.2, 0) is 9.84 Å². The van der Waals surface area contributed by atoms with Crippen LogP contribution in [0.2, 0.25) is 0 Å². The fraction of sp³-hybridized carbons (Fsp3) is 0. The Kier molecular flexibility index (Phi) is 1.49. The Morgan fingerprint density at radius 2 is 2.23 bits per heavy atom. The summed E-state index contributed by atoms with van der Waals surface area (Å²) in [6.45, 7) is 0. The normalized spacial score (nSPS) is 17.5. The Morgan fingerprint density at radius 1 is 1.46 bits per heavy atom. The molecule has 7 heteroatoms. The molecule has 0 spiro atoms. The van der Waals surface area contributed by atoms with Gasteiger partial charge in [0.1, 0.15) is 4.90 Å². The predicted octanol–water partition coefficient (Wildman–Crippen LogP) is -0.271. The third-order valence-corrected chi connectivity index (χ3v) is 2.95. The molecule has 0 radical (unpaired) electrons. The van der Waals surface area contributed by atoms with E-state index in [1.807, 2.05) is 0 Å². The average molecular weight is 198 g/mol. The minimum absolute atomic E-state index is 0.0387. The van der Waals surface area contributed by atoms with Crippen LogP contribution in [-0.4, -0.2) is 18.4 Å². The third-order valence-electron chi connectivity index (χ3n) is 1.55. The summed E-state index contributed by atoms with van der Waals surface area (Å²) >= 11 is 0. The highest BCUT2D eigenvalue weighted by atomic mass is 32.2. The molecule has 0 saturated heterocycles. The number of nitrogens with two attached hydrogens (primary N) is 1. The zero-order valence-electron chi connectivity index (χ0n) is 6.43. The fourth-order valence-corrected chi connectivity index (χ4v) is 1.94. The van der Waals surface area contributed by atoms with Crippen LogP contribution < -0.4 is 11.1 Å². The number of sulfone groups is 1. The first-order valence-electron chi connectivity index (χ1n) is 3.40. The first-order valence-corrected chi connectivity index (χ1v) is 4.95. The van der Waals surface area contributed by atoms with Crippen LogP contribution in [0.5, 0.6) is 0 Å². The summed E-state index contributed by atoms with van der Waals surface area (Å²) in [7, 11) is -3.38. The highest BCUT2D eigenvalue weighted by Crippen LogP contribution is 2.23. The van der Waals surface area contributed by atoms with Crippen LogP contribution in [0.25, 0.3) is 0 Å². The minimum Gasteiger partial charge on any atom is -0.368 e. The lowest BCUT2D eigenvalue weighted by Gasteiger charge is -2.10. The van der Waals surface area contributed by atoms with E-state index >= 15 is 0 Å². The largest absolute Gasteiger partial charge is 0.368 e. The Morgan fingerprint density at radius 3 is 3.00 bits per heavy atom. The maximum absolute atomic E-state index is 11.3. The van der Waals surface area contributed by atoms with E-state index in [9.17, 15) is 8.42 Å². The van der Waals surface area contributed by atoms with E-state index in [2.05, 4.69) is 15.3 Å². The molecule has 0 amide bonds. The molecule has 0 fully saturated rings. The number of hydrogen-bond acceptors (Lipinski definition) is 6. The molecule has 0 unspecified atom stereocenters. The first-order chi connectivity index (χ1) is 6.09. The highest BCUT2D eigenvalue weighted by Gasteiger charge is 2.20. The molecule has 0 bridgehead atoms. The lowest BCUT2D eigenvalue weighted by molar-refractivity contribution is 0.603. The molecular formula is C6H6N4O2S. The van der Waals surface area contributed by atoms with Crippen LogP contribution in [0.1, 0.15) is 0 Å². The zero-order valence-corrected chi connectivity index (χ0v) is 7.25. The topological polar surface area (TPSA) is 98.0 Å². The van der Waals surface area contributed by atoms with Crippen LogP contribution in [0.15, 0.2) is 22.7 Å². The van der Waals surface area contributed by atoms with E-state index in [-0.39, 0.29) is 16.7 Å². The molecule has 2 heterocycles. The smallest absolute Gasteiger partial charge is 0.222 e. The number of hydrogen-bond donors (Lipinski definition) is 2. The molecule has 3 N–H and O–H groups in total. The van der Waals surface area contributed by atoms with E-state index in [1.54, 1.807) is 0 Å². The second-order valence-corrected chi connectivity index (χ2v) is 4.24. The molecule has 2 rings (SSSR count). The van der Waals surface area contributed by atoms with Gasteiger partial charge in [-0.1, -0.05) is 0 Å². The Bertz CT molecular complexity index is 479. The lowest BCUT2D eigenvalue weighted by Crippen LogP contribution is -2.11. The maximum atomic E-state index is 11.3. The van der Waals surface area contributed by atoms with Gasteiger partial charge in [0, 0.05) is 6.20 Å². The van der Waals surface area contributed by atoms with Crippen molar-refractivity contribution in [3.05, 3.63) is 17.8 Å². The number of aromatic nitrogens is 2. The molecule has 1 aliphatic rings. The van der Waals surface area contributed by atoms with Gasteiger partial charge in [-0.2, -0.15) is 4.98 Å². The average Bonchev–Trinajstić information content (AvgIpc) is 2.02. The van der Waals surface area contributed by atoms with E-state index in [1.165, 1.54) is 12.4 Å². The molecule has 1 aromatic rings. The standard InChI is InChI=1S/C6H6N4O2S/c7-6-9-3-4-5(10-6)8-1-2-13(4,11)12/h1-3H,(H3,7,8,9,10). The monoisotopic (exact) mass is 198 g/mol. The number of rotatable bonds is 0. The number of fused-ring (bicyclic) bond motifs is 1. The lowest BCUT2D eigenvalue weighted by atomic mass is 10.5. The summed E-state index contributed by atoms with van der Waals surface area (Å²) in [6, 6.07) is 0. The van der Waals surface area contributed by atoms with Gasteiger partial charge in [0.15, 0.2) is 5.82 Å². The van der Waals surface area contributed by atoms with Crippen molar-refractivity contribution in [3.8, 4) is 0 Å². The SMILES string of the molecule is Nc1ncc2c(n1)NC=CS2(=O)=O. The number of nitrogen functional groups attached to an aromatic ring is 1. The second-order valence-electron chi connectivity index (χ2n) is 2.43. The van der Waals surface area contributed by atoms with Crippen LogP contribution in [0.4, 0.5) is 11.8 Å². The maximum Gasteiger partial charge on any atom is 0.222 e. The van der Waals surface area contributed by atoms with Crippen molar-refractivity contribution in [1.82, 2.24) is 9.97 Å². The minimum atomic E-state index is -3.38. The molecule has 1 aromatic heterocycles. The van der Waals surface area contributed by atoms with Gasteiger partial charge in [-0.25, -0.2) is 13.4 Å². The molecule has 0 aliphatic carbocycles. The number of nitrogens with one attached hydrogen (secondary N) is 1. The van der Waals surface area contributed by atoms with Crippen LogP contribution >= 0.6 is 0 Å². The van der Waals surface area contributed by atoms with Gasteiger partial charge >= 0.3 is 0 Å². The molecule has 1 aliphatic heterocycles. The van der Waals surface area contributed by atoms with Gasteiger partial charge in [-0.15, -0.1) is 0 Å². The van der Waals surface area contributed by atoms with E-state index in [0.29, 0.717) is 0 Å². The van der Waals surface area contributed by atoms with Gasteiger partial charge in [0.25, 0.3) is 0 Å². The fourth-order valence-electron chi connectivity index (χ4n) is 0.972. The van der Waals surface area contributed by atoms with E-state index < -0.39 is 9.84 Å². The molecule has 13 heavy (non-hydrogen) atoms. The van der Waals surface area contributed by atoms with Gasteiger partial charge in [0.05, 0.1) is 11.6 Å². The zero-order chi connectivity index (χ0) is 9.47. The van der Waals surface area contributed by atoms with Crippen molar-refractivity contribution >= 4 is 21.6 Å². The van der Waals surface area contributed by atoms with Crippen LogP contribution in [0.3, 0.4) is 0 Å². The van der Waals surface area contributed by atoms with Gasteiger partial charge in [-0.05, 0) is 0 Å². The van der Waals surface area contributed by atoms with Crippen molar-refractivity contribution in [2.75, 3.05) is 11.1 Å². The molecule has 0 atom stereocenters. The van der Waals surface area contributed by atoms with Crippen molar-refractivity contribution in [2.24, 2.45) is 0 Å². The van der Waals surface area contributed by atoms with Crippen molar-refractivity contribution in [2.45, 2.75) is 4.90 Å². The highest BCUT2D eigenvalue weighted by molar-refractivity contribution is 7.94. The van der Waals surface area contributed by atoms with Crippen LogP contribution in [0, 0.1) is 0 Å². The first kappa shape index (κ1) is 7.99. The Labute approximate surface area is 74.4 Å². The molecule has 0 aromatic carbocycles. The van der Waals surface area contributed by atoms with Gasteiger partial charge in [-0.3, -0.25) is 0 Å². The summed E-state index contributed by atoms with van der Waals surface area (Å²) in [5.41, 5.74) is 5.29. The second kappa shape index (κ2) is 2.43.